The normalized spacial score (nSPS) is 18.5. The summed E-state index contributed by atoms with van der Waals surface area (Å²) in [4.78, 5) is 115. The summed E-state index contributed by atoms with van der Waals surface area (Å²) in [6.45, 7) is -0.534. The number of thiazole rings is 1. The van der Waals surface area contributed by atoms with Gasteiger partial charge in [-0.15, -0.1) is 21.0 Å². The quantitative estimate of drug-likeness (QED) is 0.0460. The topological polar surface area (TPSA) is 278 Å². The first-order valence-corrected chi connectivity index (χ1v) is 29.2. The highest BCUT2D eigenvalue weighted by atomic mass is 35.5. The van der Waals surface area contributed by atoms with Gasteiger partial charge in [-0.1, -0.05) is 64.9 Å². The molecule has 22 nitrogen and oxygen atoms in total. The van der Waals surface area contributed by atoms with Crippen LogP contribution in [-0.2, 0) is 44.9 Å². The highest BCUT2D eigenvalue weighted by molar-refractivity contribution is 7.22. The second kappa shape index (κ2) is 23.1. The number of halogens is 2. The number of fused-ring (bicyclic) bond motifs is 4. The number of ether oxygens (including phenoxy) is 1. The predicted molar refractivity (Wildman–Crippen MR) is 313 cm³/mol. The van der Waals surface area contributed by atoms with Crippen molar-refractivity contribution in [3.05, 3.63) is 125 Å². The molecule has 0 radical (unpaired) electrons. The first kappa shape index (κ1) is 56.4. The number of nitrogens with one attached hydrogen (secondary N) is 5. The first-order valence-electron chi connectivity index (χ1n) is 28.0. The molecule has 4 bridgehead atoms. The van der Waals surface area contributed by atoms with Gasteiger partial charge in [0, 0.05) is 92.6 Å². The van der Waals surface area contributed by atoms with Crippen LogP contribution in [0.2, 0.25) is 5.02 Å². The van der Waals surface area contributed by atoms with Crippen molar-refractivity contribution in [2.45, 2.75) is 68.9 Å². The molecule has 2 fully saturated rings. The van der Waals surface area contributed by atoms with E-state index in [9.17, 15) is 38.4 Å². The van der Waals surface area contributed by atoms with Crippen LogP contribution in [0.5, 0.6) is 5.75 Å². The maximum atomic E-state index is 16.3. The minimum atomic E-state index is -1.48. The summed E-state index contributed by atoms with van der Waals surface area (Å²) < 4.78 is 25.2. The number of aliphatic carboxylic acids is 1. The van der Waals surface area contributed by atoms with Gasteiger partial charge < -0.3 is 41.3 Å². The summed E-state index contributed by atoms with van der Waals surface area (Å²) in [5.74, 6) is -5.20. The SMILES string of the molecule is O=C(O)CNC(=O)CNC(=O)Cn1nc2c3c(cccc31)-c1cc3c(cnn3[N+]3(C(=O)CCC(=O)NCCNC(=O)C4(Oc5ccccc5-c5nc6cccc(Cl)c6s5)CCN(C(=O)[C@H]5CC(=O)Nc6ccccc65)CC4)CCC2CC3)cc1F. The zero-order valence-electron chi connectivity index (χ0n) is 45.7. The number of quaternary nitrogens is 1. The summed E-state index contributed by atoms with van der Waals surface area (Å²) >= 11 is 7.95. The average Bonchev–Trinajstić information content (AvgIpc) is 1.84. The van der Waals surface area contributed by atoms with Gasteiger partial charge in [-0.25, -0.2) is 14.2 Å². The average molecular weight is 1190 g/mol. The van der Waals surface area contributed by atoms with Crippen LogP contribution in [0.4, 0.5) is 10.1 Å². The van der Waals surface area contributed by atoms with E-state index in [4.69, 9.17) is 36.6 Å². The zero-order chi connectivity index (χ0) is 59.1. The Bertz CT molecular complexity index is 4050. The third kappa shape index (κ3) is 10.9. The number of hydrogen-bond donors (Lipinski definition) is 6. The number of carbonyl (C=O) groups excluding carboxylic acids is 7. The molecule has 0 spiro atoms. The number of anilines is 1. The van der Waals surface area contributed by atoms with E-state index in [1.165, 1.54) is 28.3 Å². The highest BCUT2D eigenvalue weighted by Crippen LogP contribution is 2.44. The smallest absolute Gasteiger partial charge is 0.340 e. The second-order valence-electron chi connectivity index (χ2n) is 21.7. The lowest BCUT2D eigenvalue weighted by atomic mass is 9.86. The fourth-order valence-electron chi connectivity index (χ4n) is 12.2. The largest absolute Gasteiger partial charge is 0.480 e. The van der Waals surface area contributed by atoms with Gasteiger partial charge in [0.2, 0.25) is 29.5 Å². The lowest BCUT2D eigenvalue weighted by molar-refractivity contribution is -0.147. The molecule has 7 amide bonds. The molecule has 6 N–H and O–H groups in total. The third-order valence-electron chi connectivity index (χ3n) is 16.5. The predicted octanol–water partition coefficient (Wildman–Crippen LogP) is 5.87. The van der Waals surface area contributed by atoms with E-state index < -0.39 is 60.0 Å². The van der Waals surface area contributed by atoms with Gasteiger partial charge in [0.25, 0.3) is 5.91 Å². The number of likely N-dealkylation sites (tertiary alicyclic amines) is 1. The Kier molecular flexibility index (Phi) is 15.3. The number of hydrogen-bond acceptors (Lipinski definition) is 13. The van der Waals surface area contributed by atoms with E-state index in [1.807, 2.05) is 36.4 Å². The van der Waals surface area contributed by atoms with Gasteiger partial charge in [-0.05, 0) is 59.7 Å². The van der Waals surface area contributed by atoms with Crippen molar-refractivity contribution in [1.29, 1.82) is 0 Å². The molecule has 0 aliphatic carbocycles. The summed E-state index contributed by atoms with van der Waals surface area (Å²) in [6, 6.07) is 28.3. The summed E-state index contributed by atoms with van der Waals surface area (Å²) in [7, 11) is 0. The number of benzene rings is 5. The Hall–Kier alpha value is -9.13. The van der Waals surface area contributed by atoms with Gasteiger partial charge in [-0.3, -0.25) is 38.2 Å². The molecule has 25 heteroatoms. The summed E-state index contributed by atoms with van der Waals surface area (Å²) in [5, 5.41) is 34.2. The number of carboxylic acids is 1. The molecule has 8 aromatic rings. The maximum Gasteiger partial charge on any atom is 0.340 e. The van der Waals surface area contributed by atoms with Crippen LogP contribution in [0, 0.1) is 5.82 Å². The molecule has 0 unspecified atom stereocenters. The monoisotopic (exact) mass is 1190 g/mol. The Labute approximate surface area is 493 Å². The summed E-state index contributed by atoms with van der Waals surface area (Å²) in [5.41, 5.74) is 3.62. The highest BCUT2D eigenvalue weighted by Gasteiger charge is 2.48. The van der Waals surface area contributed by atoms with Gasteiger partial charge >= 0.3 is 11.9 Å². The van der Waals surface area contributed by atoms with Crippen LogP contribution < -0.4 is 35.9 Å². The van der Waals surface area contributed by atoms with E-state index in [0.29, 0.717) is 78.5 Å². The van der Waals surface area contributed by atoms with Gasteiger partial charge in [0.1, 0.15) is 48.3 Å². The molecule has 85 heavy (non-hydrogen) atoms. The van der Waals surface area contributed by atoms with Crippen LogP contribution >= 0.6 is 22.9 Å². The van der Waals surface area contributed by atoms with Crippen LogP contribution in [-0.4, -0.2) is 140 Å². The molecule has 5 aliphatic heterocycles. The molecule has 5 aromatic carbocycles. The van der Waals surface area contributed by atoms with Crippen molar-refractivity contribution in [2.24, 2.45) is 0 Å². The van der Waals surface area contributed by atoms with Crippen LogP contribution in [0.1, 0.15) is 68.0 Å². The van der Waals surface area contributed by atoms with Crippen molar-refractivity contribution in [2.75, 3.05) is 57.7 Å². The number of rotatable bonds is 17. The number of para-hydroxylation sites is 2. The first-order chi connectivity index (χ1) is 41.1. The van der Waals surface area contributed by atoms with Crippen molar-refractivity contribution >= 4 is 108 Å². The Morgan fingerprint density at radius 1 is 0.812 bits per heavy atom. The van der Waals surface area contributed by atoms with Crippen LogP contribution in [0.15, 0.2) is 103 Å². The van der Waals surface area contributed by atoms with Crippen molar-refractivity contribution in [3.8, 4) is 27.4 Å². The molecule has 1 atom stereocenters. The molecule has 13 rings (SSSR count). The number of piperidine rings is 2. The number of carboxylic acid groups (broad SMARTS) is 1. The minimum absolute atomic E-state index is 0.000336. The molecule has 2 saturated heterocycles. The fraction of sp³-hybridized carbons (Fsp3) is 0.317. The molecule has 436 valence electrons. The van der Waals surface area contributed by atoms with E-state index in [-0.39, 0.29) is 112 Å². The van der Waals surface area contributed by atoms with E-state index in [1.54, 1.807) is 64.3 Å². The standard InChI is InChI=1S/C60H56ClFN12O10S/c61-41-10-6-12-44-56(41)85-57(69-44)38-8-2-4-14-47(38)84-60(19-23-71(24-20-60)58(82)40-29-49(76)68-43-11-3-1-7-36(40)43)59(83)64-22-21-63-48(75)15-16-52(79)74-25-17-34(18-26-74)55-54-37(39-28-46-35(27-42(39)62)30-67-73(46)74)9-5-13-45(54)72(70-55)33-51(78)65-31-50(77)66-32-53(80)81/h1-14,27-28,30,34,40H,15-26,29,31-33H2,(H5-,63,64,65,66,68,75,76,77,78,80,81,83)/p+1/t34?,40-,74?/m0/s1. The number of aromatic nitrogens is 5. The number of carbonyl (C=O) groups is 8. The molecule has 5 aliphatic rings. The number of nitrogens with zero attached hydrogens (tertiary/aromatic N) is 7. The Morgan fingerprint density at radius 3 is 2.35 bits per heavy atom. The Balaban J connectivity index is 0.727. The lowest BCUT2D eigenvalue weighted by Crippen LogP contribution is -2.65. The van der Waals surface area contributed by atoms with E-state index >= 15 is 4.39 Å². The summed E-state index contributed by atoms with van der Waals surface area (Å²) in [6.07, 6.45) is 2.22. The minimum Gasteiger partial charge on any atom is -0.480 e. The second-order valence-corrected chi connectivity index (χ2v) is 23.1. The maximum absolute atomic E-state index is 16.3. The van der Waals surface area contributed by atoms with Crippen molar-refractivity contribution < 1.29 is 52.6 Å². The van der Waals surface area contributed by atoms with E-state index in [2.05, 4.69) is 26.6 Å². The Morgan fingerprint density at radius 2 is 1.55 bits per heavy atom. The van der Waals surface area contributed by atoms with Crippen LogP contribution in [0.25, 0.3) is 53.7 Å². The van der Waals surface area contributed by atoms with Gasteiger partial charge in [0.15, 0.2) is 5.60 Å². The molecular formula is C60H57ClFN12O10S+. The molecule has 3 aromatic heterocycles. The van der Waals surface area contributed by atoms with Gasteiger partial charge in [-0.2, -0.15) is 5.10 Å². The molecule has 8 heterocycles. The third-order valence-corrected chi connectivity index (χ3v) is 18.1. The van der Waals surface area contributed by atoms with Gasteiger partial charge in [0.05, 0.1) is 57.1 Å². The van der Waals surface area contributed by atoms with Crippen molar-refractivity contribution in [3.63, 3.8) is 0 Å². The van der Waals surface area contributed by atoms with Crippen molar-refractivity contribution in [1.82, 2.24) is 55.4 Å². The fourth-order valence-corrected chi connectivity index (χ4v) is 13.5. The van der Waals surface area contributed by atoms with E-state index in [0.717, 1.165) is 10.3 Å². The number of amides is 7. The molecular weight excluding hydrogens is 1140 g/mol. The lowest BCUT2D eigenvalue weighted by Gasteiger charge is -2.42. The molecule has 0 saturated carbocycles. The van der Waals surface area contributed by atoms with Crippen LogP contribution in [0.3, 0.4) is 0 Å². The zero-order valence-corrected chi connectivity index (χ0v) is 47.3.